The summed E-state index contributed by atoms with van der Waals surface area (Å²) >= 11 is 0. The molecule has 1 N–H and O–H groups in total. The SMILES string of the molecule is O=C(O)C1CC2CCC1N2Cc1ccc2c(C(F)(F)F)c(OC3CCC(C(F)(F)F)CC3)ccc2c1. The van der Waals surface area contributed by atoms with E-state index < -0.39 is 41.8 Å². The summed E-state index contributed by atoms with van der Waals surface area (Å²) in [6.45, 7) is 0.469. The van der Waals surface area contributed by atoms with Crippen molar-refractivity contribution in [3.63, 3.8) is 0 Å². The first-order chi connectivity index (χ1) is 16.9. The molecule has 1 aliphatic carbocycles. The van der Waals surface area contributed by atoms with Crippen molar-refractivity contribution in [3.8, 4) is 5.75 Å². The van der Waals surface area contributed by atoms with E-state index in [4.69, 9.17) is 4.74 Å². The van der Waals surface area contributed by atoms with Gasteiger partial charge in [0.1, 0.15) is 11.3 Å². The van der Waals surface area contributed by atoms with Gasteiger partial charge in [0.05, 0.1) is 17.9 Å². The number of hydrogen-bond donors (Lipinski definition) is 1. The third-order valence-electron chi connectivity index (χ3n) is 8.12. The molecule has 4 nitrogen and oxygen atoms in total. The minimum absolute atomic E-state index is 0.0273. The number of nitrogens with zero attached hydrogens (tertiary/aromatic N) is 1. The quantitative estimate of drug-likeness (QED) is 0.445. The number of hydrogen-bond acceptors (Lipinski definition) is 3. The number of carboxylic acid groups (broad SMARTS) is 1. The zero-order valence-corrected chi connectivity index (χ0v) is 19.4. The van der Waals surface area contributed by atoms with Crippen LogP contribution in [0.5, 0.6) is 5.75 Å². The van der Waals surface area contributed by atoms with Crippen LogP contribution in [-0.2, 0) is 17.5 Å². The third kappa shape index (κ3) is 4.76. The summed E-state index contributed by atoms with van der Waals surface area (Å²) in [6.07, 6.45) is -7.60. The molecule has 1 saturated carbocycles. The Bertz CT molecular complexity index is 1140. The predicted octanol–water partition coefficient (Wildman–Crippen LogP) is 6.80. The Labute approximate surface area is 204 Å². The van der Waals surface area contributed by atoms with Crippen LogP contribution in [0.3, 0.4) is 0 Å². The lowest BCUT2D eigenvalue weighted by Gasteiger charge is -2.31. The summed E-state index contributed by atoms with van der Waals surface area (Å²) in [5, 5.41) is 9.82. The van der Waals surface area contributed by atoms with Gasteiger partial charge in [-0.05, 0) is 73.4 Å². The monoisotopic (exact) mass is 515 g/mol. The van der Waals surface area contributed by atoms with E-state index in [1.807, 2.05) is 0 Å². The number of carbonyl (C=O) groups is 1. The van der Waals surface area contributed by atoms with E-state index in [0.29, 0.717) is 18.4 Å². The highest BCUT2D eigenvalue weighted by Crippen LogP contribution is 2.45. The lowest BCUT2D eigenvalue weighted by atomic mass is 9.87. The molecule has 2 heterocycles. The van der Waals surface area contributed by atoms with Gasteiger partial charge in [0.2, 0.25) is 0 Å². The minimum Gasteiger partial charge on any atom is -0.490 e. The first-order valence-electron chi connectivity index (χ1n) is 12.3. The van der Waals surface area contributed by atoms with E-state index in [9.17, 15) is 36.2 Å². The normalized spacial score (nSPS) is 29.1. The average molecular weight is 515 g/mol. The van der Waals surface area contributed by atoms with E-state index in [0.717, 1.165) is 18.4 Å². The summed E-state index contributed by atoms with van der Waals surface area (Å²) in [7, 11) is 0. The van der Waals surface area contributed by atoms with Crippen LogP contribution in [0.4, 0.5) is 26.3 Å². The van der Waals surface area contributed by atoms with Crippen LogP contribution < -0.4 is 4.74 Å². The number of fused-ring (bicyclic) bond motifs is 3. The molecule has 2 saturated heterocycles. The fraction of sp³-hybridized carbons (Fsp3) is 0.577. The van der Waals surface area contributed by atoms with E-state index in [1.165, 1.54) is 12.1 Å². The number of carboxylic acids is 1. The first kappa shape index (κ1) is 25.2. The zero-order chi connectivity index (χ0) is 25.8. The maximum Gasteiger partial charge on any atom is 0.420 e. The van der Waals surface area contributed by atoms with Gasteiger partial charge >= 0.3 is 18.3 Å². The van der Waals surface area contributed by atoms with Crippen molar-refractivity contribution < 1.29 is 41.0 Å². The summed E-state index contributed by atoms with van der Waals surface area (Å²) in [5.41, 5.74) is -0.116. The highest BCUT2D eigenvalue weighted by atomic mass is 19.4. The van der Waals surface area contributed by atoms with E-state index in [-0.39, 0.29) is 48.9 Å². The fourth-order valence-corrected chi connectivity index (χ4v) is 6.36. The standard InChI is InChI=1S/C26H27F6NO3/c27-25(28,29)16-3-6-18(7-4-16)36-22-10-2-15-11-14(1-8-19(15)23(22)26(30,31)32)13-33-17-5-9-21(33)20(12-17)24(34)35/h1-2,8,10-11,16-18,20-21H,3-7,9,12-13H2,(H,34,35). The molecule has 196 valence electrons. The van der Waals surface area contributed by atoms with Gasteiger partial charge in [-0.25, -0.2) is 0 Å². The number of halogens is 6. The number of ether oxygens (including phenoxy) is 1. The van der Waals surface area contributed by atoms with Crippen molar-refractivity contribution in [2.75, 3.05) is 0 Å². The molecule has 0 aromatic heterocycles. The highest BCUT2D eigenvalue weighted by molar-refractivity contribution is 5.89. The molecule has 3 atom stereocenters. The Balaban J connectivity index is 1.37. The van der Waals surface area contributed by atoms with Crippen LogP contribution in [0, 0.1) is 11.8 Å². The molecule has 2 aromatic carbocycles. The maximum atomic E-state index is 14.1. The Morgan fingerprint density at radius 2 is 1.69 bits per heavy atom. The molecule has 10 heteroatoms. The smallest absolute Gasteiger partial charge is 0.420 e. The molecule has 36 heavy (non-hydrogen) atoms. The maximum absolute atomic E-state index is 14.1. The van der Waals surface area contributed by atoms with Crippen LogP contribution >= 0.6 is 0 Å². The summed E-state index contributed by atoms with van der Waals surface area (Å²) in [6, 6.07) is 7.64. The van der Waals surface area contributed by atoms with Crippen molar-refractivity contribution >= 4 is 16.7 Å². The van der Waals surface area contributed by atoms with Crippen LogP contribution in [0.2, 0.25) is 0 Å². The number of rotatable bonds is 5. The number of benzene rings is 2. The molecule has 2 aliphatic heterocycles. The molecule has 2 aromatic rings. The third-order valence-corrected chi connectivity index (χ3v) is 8.12. The zero-order valence-electron chi connectivity index (χ0n) is 19.4. The molecule has 0 amide bonds. The molecule has 3 fully saturated rings. The lowest BCUT2D eigenvalue weighted by Crippen LogP contribution is -2.32. The molecule has 2 bridgehead atoms. The van der Waals surface area contributed by atoms with Gasteiger partial charge in [0.15, 0.2) is 0 Å². The summed E-state index contributed by atoms with van der Waals surface area (Å²) in [4.78, 5) is 13.7. The van der Waals surface area contributed by atoms with Crippen LogP contribution in [0.15, 0.2) is 30.3 Å². The largest absolute Gasteiger partial charge is 0.490 e. The predicted molar refractivity (Wildman–Crippen MR) is 119 cm³/mol. The molecule has 3 unspecified atom stereocenters. The van der Waals surface area contributed by atoms with Crippen molar-refractivity contribution in [2.45, 2.75) is 82.0 Å². The Kier molecular flexibility index (Phi) is 6.37. The molecule has 3 aliphatic rings. The minimum atomic E-state index is -4.71. The topological polar surface area (TPSA) is 49.8 Å². The number of alkyl halides is 6. The second-order valence-corrected chi connectivity index (χ2v) is 10.3. The van der Waals surface area contributed by atoms with E-state index >= 15 is 0 Å². The Morgan fingerprint density at radius 1 is 0.972 bits per heavy atom. The first-order valence-corrected chi connectivity index (χ1v) is 12.3. The van der Waals surface area contributed by atoms with Gasteiger partial charge in [0, 0.05) is 18.6 Å². The second kappa shape index (κ2) is 9.11. The van der Waals surface area contributed by atoms with Gasteiger partial charge in [-0.15, -0.1) is 0 Å². The molecular weight excluding hydrogens is 488 g/mol. The molecule has 0 radical (unpaired) electrons. The van der Waals surface area contributed by atoms with Gasteiger partial charge in [-0.2, -0.15) is 26.3 Å². The summed E-state index contributed by atoms with van der Waals surface area (Å²) in [5.74, 6) is -3.02. The van der Waals surface area contributed by atoms with Crippen molar-refractivity contribution in [1.82, 2.24) is 4.90 Å². The van der Waals surface area contributed by atoms with Crippen molar-refractivity contribution in [3.05, 3.63) is 41.5 Å². The Hall–Kier alpha value is -2.49. The van der Waals surface area contributed by atoms with Crippen LogP contribution in [0.25, 0.3) is 10.8 Å². The van der Waals surface area contributed by atoms with Gasteiger partial charge in [0.25, 0.3) is 0 Å². The molecular formula is C26H27F6NO3. The second-order valence-electron chi connectivity index (χ2n) is 10.3. The highest BCUT2D eigenvalue weighted by Gasteiger charge is 2.49. The van der Waals surface area contributed by atoms with Crippen LogP contribution in [0.1, 0.15) is 56.1 Å². The number of aliphatic carboxylic acids is 1. The van der Waals surface area contributed by atoms with Gasteiger partial charge in [-0.3, -0.25) is 9.69 Å². The molecule has 5 rings (SSSR count). The van der Waals surface area contributed by atoms with Crippen LogP contribution in [-0.4, -0.2) is 40.3 Å². The van der Waals surface area contributed by atoms with Gasteiger partial charge < -0.3 is 9.84 Å². The average Bonchev–Trinajstić information content (AvgIpc) is 3.34. The Morgan fingerprint density at radius 3 is 2.31 bits per heavy atom. The van der Waals surface area contributed by atoms with Gasteiger partial charge in [-0.1, -0.05) is 18.2 Å². The summed E-state index contributed by atoms with van der Waals surface area (Å²) < 4.78 is 86.8. The van der Waals surface area contributed by atoms with E-state index in [2.05, 4.69) is 4.90 Å². The lowest BCUT2D eigenvalue weighted by molar-refractivity contribution is -0.185. The fourth-order valence-electron chi connectivity index (χ4n) is 6.36. The van der Waals surface area contributed by atoms with Crippen molar-refractivity contribution in [2.24, 2.45) is 11.8 Å². The van der Waals surface area contributed by atoms with Crippen molar-refractivity contribution in [1.29, 1.82) is 0 Å². The molecule has 0 spiro atoms. The van der Waals surface area contributed by atoms with E-state index in [1.54, 1.807) is 18.2 Å².